The van der Waals surface area contributed by atoms with E-state index < -0.39 is 0 Å². The zero-order valence-corrected chi connectivity index (χ0v) is 14.1. The van der Waals surface area contributed by atoms with Crippen molar-refractivity contribution in [3.05, 3.63) is 95.8 Å². The predicted octanol–water partition coefficient (Wildman–Crippen LogP) is 3.71. The van der Waals surface area contributed by atoms with Crippen molar-refractivity contribution < 1.29 is 4.79 Å². The van der Waals surface area contributed by atoms with Crippen molar-refractivity contribution in [3.63, 3.8) is 0 Å². The van der Waals surface area contributed by atoms with Crippen LogP contribution in [0, 0.1) is 6.92 Å². The highest BCUT2D eigenvalue weighted by atomic mass is 16.1. The molecule has 0 aliphatic carbocycles. The Morgan fingerprint density at radius 1 is 0.960 bits per heavy atom. The van der Waals surface area contributed by atoms with Gasteiger partial charge in [0.1, 0.15) is 0 Å². The summed E-state index contributed by atoms with van der Waals surface area (Å²) in [4.78, 5) is 16.8. The lowest BCUT2D eigenvalue weighted by atomic mass is 10.0. The van der Waals surface area contributed by atoms with E-state index in [1.807, 2.05) is 79.7 Å². The molecule has 4 nitrogen and oxygen atoms in total. The number of anilines is 1. The molecule has 3 rings (SSSR count). The van der Waals surface area contributed by atoms with Gasteiger partial charge in [-0.15, -0.1) is 0 Å². The van der Waals surface area contributed by atoms with Crippen molar-refractivity contribution in [1.82, 2.24) is 10.3 Å². The van der Waals surface area contributed by atoms with E-state index in [4.69, 9.17) is 0 Å². The number of hydrogen-bond donors (Lipinski definition) is 2. The Morgan fingerprint density at radius 2 is 1.68 bits per heavy atom. The predicted molar refractivity (Wildman–Crippen MR) is 100 cm³/mol. The number of hydrogen-bond acceptors (Lipinski definition) is 3. The molecule has 1 atom stereocenters. The zero-order valence-electron chi connectivity index (χ0n) is 14.1. The van der Waals surface area contributed by atoms with E-state index in [0.717, 1.165) is 22.5 Å². The van der Waals surface area contributed by atoms with Crippen molar-refractivity contribution in [2.45, 2.75) is 13.0 Å². The van der Waals surface area contributed by atoms with Crippen LogP contribution in [0.4, 0.5) is 5.69 Å². The SMILES string of the molecule is Cc1ccccc1NC(=O)CNC(c1ccccc1)c1ccccn1. The minimum Gasteiger partial charge on any atom is -0.325 e. The summed E-state index contributed by atoms with van der Waals surface area (Å²) in [6.07, 6.45) is 1.76. The Hall–Kier alpha value is -2.98. The molecule has 0 bridgehead atoms. The fourth-order valence-corrected chi connectivity index (χ4v) is 2.69. The maximum absolute atomic E-state index is 12.3. The molecular formula is C21H21N3O. The van der Waals surface area contributed by atoms with Gasteiger partial charge in [0.25, 0.3) is 0 Å². The number of benzene rings is 2. The molecule has 0 saturated carbocycles. The number of amides is 1. The number of nitrogens with one attached hydrogen (secondary N) is 2. The molecule has 3 aromatic rings. The van der Waals surface area contributed by atoms with Crippen LogP contribution in [0.25, 0.3) is 0 Å². The summed E-state index contributed by atoms with van der Waals surface area (Å²) >= 11 is 0. The fraction of sp³-hybridized carbons (Fsp3) is 0.143. The van der Waals surface area contributed by atoms with Crippen LogP contribution >= 0.6 is 0 Å². The van der Waals surface area contributed by atoms with Gasteiger partial charge in [0, 0.05) is 11.9 Å². The van der Waals surface area contributed by atoms with E-state index in [1.165, 1.54) is 0 Å². The lowest BCUT2D eigenvalue weighted by Crippen LogP contribution is -2.32. The fourth-order valence-electron chi connectivity index (χ4n) is 2.69. The van der Waals surface area contributed by atoms with Crippen LogP contribution in [0.2, 0.25) is 0 Å². The molecule has 2 aromatic carbocycles. The first-order valence-electron chi connectivity index (χ1n) is 8.29. The monoisotopic (exact) mass is 331 g/mol. The number of pyridine rings is 1. The summed E-state index contributed by atoms with van der Waals surface area (Å²) in [5, 5.41) is 6.26. The number of carbonyl (C=O) groups is 1. The Morgan fingerprint density at radius 3 is 2.40 bits per heavy atom. The van der Waals surface area contributed by atoms with Crippen LogP contribution in [0.15, 0.2) is 79.0 Å². The highest BCUT2D eigenvalue weighted by Crippen LogP contribution is 2.20. The van der Waals surface area contributed by atoms with E-state index >= 15 is 0 Å². The quantitative estimate of drug-likeness (QED) is 0.724. The van der Waals surface area contributed by atoms with Gasteiger partial charge in [-0.3, -0.25) is 15.1 Å². The van der Waals surface area contributed by atoms with Crippen LogP contribution in [-0.4, -0.2) is 17.4 Å². The van der Waals surface area contributed by atoms with E-state index in [2.05, 4.69) is 15.6 Å². The van der Waals surface area contributed by atoms with Crippen molar-refractivity contribution in [3.8, 4) is 0 Å². The minimum atomic E-state index is -0.134. The maximum atomic E-state index is 12.3. The molecule has 1 heterocycles. The summed E-state index contributed by atoms with van der Waals surface area (Å²) in [7, 11) is 0. The van der Waals surface area contributed by atoms with E-state index in [1.54, 1.807) is 6.20 Å². The highest BCUT2D eigenvalue weighted by molar-refractivity contribution is 5.93. The van der Waals surface area contributed by atoms with Gasteiger partial charge in [0.2, 0.25) is 5.91 Å². The van der Waals surface area contributed by atoms with Gasteiger partial charge in [0.05, 0.1) is 18.3 Å². The topological polar surface area (TPSA) is 54.0 Å². The summed E-state index contributed by atoms with van der Waals surface area (Å²) < 4.78 is 0. The molecule has 0 radical (unpaired) electrons. The average molecular weight is 331 g/mol. The molecule has 25 heavy (non-hydrogen) atoms. The first-order valence-corrected chi connectivity index (χ1v) is 8.29. The van der Waals surface area contributed by atoms with E-state index in [9.17, 15) is 4.79 Å². The van der Waals surface area contributed by atoms with Crippen molar-refractivity contribution in [2.24, 2.45) is 0 Å². The zero-order chi connectivity index (χ0) is 17.5. The molecule has 0 aliphatic rings. The van der Waals surface area contributed by atoms with Gasteiger partial charge < -0.3 is 5.32 Å². The summed E-state index contributed by atoms with van der Waals surface area (Å²) in [6.45, 7) is 2.17. The van der Waals surface area contributed by atoms with Crippen molar-refractivity contribution in [1.29, 1.82) is 0 Å². The first-order chi connectivity index (χ1) is 12.2. The molecule has 2 N–H and O–H groups in total. The summed E-state index contributed by atoms with van der Waals surface area (Å²) in [6, 6.07) is 23.4. The van der Waals surface area contributed by atoms with Gasteiger partial charge in [0.15, 0.2) is 0 Å². The second kappa shape index (κ2) is 8.22. The van der Waals surface area contributed by atoms with E-state index in [0.29, 0.717) is 0 Å². The lowest BCUT2D eigenvalue weighted by Gasteiger charge is -2.19. The number of carbonyl (C=O) groups excluding carboxylic acids is 1. The number of nitrogens with zero attached hydrogens (tertiary/aromatic N) is 1. The molecule has 0 fully saturated rings. The van der Waals surface area contributed by atoms with Gasteiger partial charge in [-0.25, -0.2) is 0 Å². The van der Waals surface area contributed by atoms with Crippen LogP contribution in [-0.2, 0) is 4.79 Å². The molecule has 0 aliphatic heterocycles. The molecule has 1 unspecified atom stereocenters. The third-order valence-electron chi connectivity index (χ3n) is 4.00. The smallest absolute Gasteiger partial charge is 0.238 e. The third kappa shape index (κ3) is 4.52. The van der Waals surface area contributed by atoms with Crippen LogP contribution < -0.4 is 10.6 Å². The van der Waals surface area contributed by atoms with Gasteiger partial charge in [-0.05, 0) is 36.2 Å². The second-order valence-corrected chi connectivity index (χ2v) is 5.84. The molecule has 1 aromatic heterocycles. The molecule has 1 amide bonds. The van der Waals surface area contributed by atoms with E-state index in [-0.39, 0.29) is 18.5 Å². The van der Waals surface area contributed by atoms with Crippen LogP contribution in [0.5, 0.6) is 0 Å². The minimum absolute atomic E-state index is 0.0776. The van der Waals surface area contributed by atoms with Crippen molar-refractivity contribution >= 4 is 11.6 Å². The number of aromatic nitrogens is 1. The average Bonchev–Trinajstić information content (AvgIpc) is 2.66. The highest BCUT2D eigenvalue weighted by Gasteiger charge is 2.16. The third-order valence-corrected chi connectivity index (χ3v) is 4.00. The molecule has 0 saturated heterocycles. The summed E-state index contributed by atoms with van der Waals surface area (Å²) in [5.74, 6) is -0.0776. The Balaban J connectivity index is 1.71. The lowest BCUT2D eigenvalue weighted by molar-refractivity contribution is -0.115. The molecular weight excluding hydrogens is 310 g/mol. The largest absolute Gasteiger partial charge is 0.325 e. The summed E-state index contributed by atoms with van der Waals surface area (Å²) in [5.41, 5.74) is 3.84. The Bertz CT molecular complexity index is 779. The maximum Gasteiger partial charge on any atom is 0.238 e. The molecule has 0 spiro atoms. The Kier molecular flexibility index (Phi) is 5.54. The number of para-hydroxylation sites is 1. The molecule has 4 heteroatoms. The van der Waals surface area contributed by atoms with Gasteiger partial charge in [-0.1, -0.05) is 54.6 Å². The van der Waals surface area contributed by atoms with Crippen LogP contribution in [0.3, 0.4) is 0 Å². The normalized spacial score (nSPS) is 11.7. The number of rotatable bonds is 6. The second-order valence-electron chi connectivity index (χ2n) is 5.84. The number of aryl methyl sites for hydroxylation is 1. The van der Waals surface area contributed by atoms with Crippen LogP contribution in [0.1, 0.15) is 22.9 Å². The van der Waals surface area contributed by atoms with Gasteiger partial charge in [-0.2, -0.15) is 0 Å². The van der Waals surface area contributed by atoms with Crippen molar-refractivity contribution in [2.75, 3.05) is 11.9 Å². The van der Waals surface area contributed by atoms with Gasteiger partial charge >= 0.3 is 0 Å². The molecule has 126 valence electrons. The Labute approximate surface area is 147 Å². The first kappa shape index (κ1) is 16.9. The standard InChI is InChI=1S/C21H21N3O/c1-16-9-5-6-12-18(16)24-20(25)15-23-21(17-10-3-2-4-11-17)19-13-7-8-14-22-19/h2-14,21,23H,15H2,1H3,(H,24,25).